The Morgan fingerprint density at radius 1 is 1.20 bits per heavy atom. The average molecular weight is 311 g/mol. The van der Waals surface area contributed by atoms with Gasteiger partial charge in [0.1, 0.15) is 11.6 Å². The van der Waals surface area contributed by atoms with Crippen LogP contribution in [0.1, 0.15) is 19.0 Å². The molecule has 0 bridgehead atoms. The molecular weight excluding hydrogens is 295 g/mol. The molecule has 0 unspecified atom stereocenters. The van der Waals surface area contributed by atoms with Crippen molar-refractivity contribution in [3.8, 4) is 0 Å². The SMILES string of the molecule is CCCNc1ccc(Cl)c(CSc2ccc(F)cc2)n1. The Hall–Kier alpha value is -1.26. The van der Waals surface area contributed by atoms with Gasteiger partial charge in [-0.2, -0.15) is 0 Å². The fourth-order valence-corrected chi connectivity index (χ4v) is 2.72. The lowest BCUT2D eigenvalue weighted by atomic mass is 10.3. The van der Waals surface area contributed by atoms with Crippen LogP contribution in [0.15, 0.2) is 41.3 Å². The van der Waals surface area contributed by atoms with E-state index in [1.807, 2.05) is 12.1 Å². The first-order chi connectivity index (χ1) is 9.69. The first-order valence-electron chi connectivity index (χ1n) is 6.46. The summed E-state index contributed by atoms with van der Waals surface area (Å²) in [4.78, 5) is 5.50. The van der Waals surface area contributed by atoms with E-state index in [1.165, 1.54) is 12.1 Å². The van der Waals surface area contributed by atoms with Gasteiger partial charge in [0, 0.05) is 17.2 Å². The Balaban J connectivity index is 2.02. The monoisotopic (exact) mass is 310 g/mol. The number of benzene rings is 1. The maximum atomic E-state index is 12.8. The molecule has 0 saturated heterocycles. The van der Waals surface area contributed by atoms with Crippen LogP contribution in [-0.2, 0) is 5.75 Å². The summed E-state index contributed by atoms with van der Waals surface area (Å²) in [5.41, 5.74) is 0.835. The van der Waals surface area contributed by atoms with Gasteiger partial charge < -0.3 is 5.32 Å². The normalized spacial score (nSPS) is 10.6. The zero-order valence-electron chi connectivity index (χ0n) is 11.2. The molecule has 1 aromatic carbocycles. The van der Waals surface area contributed by atoms with Gasteiger partial charge in [0.15, 0.2) is 0 Å². The maximum Gasteiger partial charge on any atom is 0.126 e. The van der Waals surface area contributed by atoms with Crippen molar-refractivity contribution in [3.63, 3.8) is 0 Å². The van der Waals surface area contributed by atoms with Crippen molar-refractivity contribution < 1.29 is 4.39 Å². The van der Waals surface area contributed by atoms with E-state index in [9.17, 15) is 4.39 Å². The molecule has 1 N–H and O–H groups in total. The number of anilines is 1. The minimum absolute atomic E-state index is 0.226. The predicted octanol–water partition coefficient (Wildman–Crippen LogP) is 4.99. The fraction of sp³-hybridized carbons (Fsp3) is 0.267. The van der Waals surface area contributed by atoms with E-state index in [4.69, 9.17) is 11.6 Å². The van der Waals surface area contributed by atoms with Crippen LogP contribution >= 0.6 is 23.4 Å². The second kappa shape index (κ2) is 7.50. The summed E-state index contributed by atoms with van der Waals surface area (Å²) < 4.78 is 12.8. The molecule has 2 aromatic rings. The van der Waals surface area contributed by atoms with Crippen molar-refractivity contribution in [1.82, 2.24) is 4.98 Å². The molecule has 0 atom stereocenters. The summed E-state index contributed by atoms with van der Waals surface area (Å²) in [5, 5.41) is 3.89. The lowest BCUT2D eigenvalue weighted by molar-refractivity contribution is 0.626. The van der Waals surface area contributed by atoms with Crippen LogP contribution < -0.4 is 5.32 Å². The highest BCUT2D eigenvalue weighted by atomic mass is 35.5. The van der Waals surface area contributed by atoms with Gasteiger partial charge in [0.25, 0.3) is 0 Å². The highest BCUT2D eigenvalue weighted by Gasteiger charge is 2.05. The Kier molecular flexibility index (Phi) is 5.68. The molecule has 1 heterocycles. The van der Waals surface area contributed by atoms with E-state index < -0.39 is 0 Å². The fourth-order valence-electron chi connectivity index (χ4n) is 1.62. The van der Waals surface area contributed by atoms with Crippen molar-refractivity contribution in [3.05, 3.63) is 52.9 Å². The second-order valence-electron chi connectivity index (χ2n) is 4.29. The van der Waals surface area contributed by atoms with Crippen LogP contribution in [0.3, 0.4) is 0 Å². The zero-order valence-corrected chi connectivity index (χ0v) is 12.8. The number of thioether (sulfide) groups is 1. The molecule has 106 valence electrons. The maximum absolute atomic E-state index is 12.8. The van der Waals surface area contributed by atoms with Crippen LogP contribution in [0.2, 0.25) is 5.02 Å². The molecular formula is C15H16ClFN2S. The topological polar surface area (TPSA) is 24.9 Å². The van der Waals surface area contributed by atoms with Gasteiger partial charge in [0.2, 0.25) is 0 Å². The molecule has 1 aromatic heterocycles. The van der Waals surface area contributed by atoms with Crippen LogP contribution in [0.25, 0.3) is 0 Å². The van der Waals surface area contributed by atoms with Crippen LogP contribution in [0.4, 0.5) is 10.2 Å². The zero-order chi connectivity index (χ0) is 14.4. The van der Waals surface area contributed by atoms with E-state index in [0.717, 1.165) is 29.4 Å². The van der Waals surface area contributed by atoms with E-state index in [2.05, 4.69) is 17.2 Å². The Labute approximate surface area is 127 Å². The number of hydrogen-bond donors (Lipinski definition) is 1. The third-order valence-electron chi connectivity index (χ3n) is 2.66. The molecule has 5 heteroatoms. The number of pyridine rings is 1. The van der Waals surface area contributed by atoms with Gasteiger partial charge in [-0.1, -0.05) is 18.5 Å². The van der Waals surface area contributed by atoms with Crippen LogP contribution in [0, 0.1) is 5.82 Å². The van der Waals surface area contributed by atoms with Crippen molar-refractivity contribution in [2.24, 2.45) is 0 Å². The van der Waals surface area contributed by atoms with Crippen LogP contribution in [-0.4, -0.2) is 11.5 Å². The molecule has 0 radical (unpaired) electrons. The van der Waals surface area contributed by atoms with E-state index >= 15 is 0 Å². The quantitative estimate of drug-likeness (QED) is 0.761. The minimum atomic E-state index is -0.226. The number of nitrogens with zero attached hydrogens (tertiary/aromatic N) is 1. The number of rotatable bonds is 6. The van der Waals surface area contributed by atoms with Crippen molar-refractivity contribution in [2.45, 2.75) is 24.0 Å². The Morgan fingerprint density at radius 2 is 1.95 bits per heavy atom. The second-order valence-corrected chi connectivity index (χ2v) is 5.75. The van der Waals surface area contributed by atoms with Gasteiger partial charge in [-0.3, -0.25) is 0 Å². The molecule has 0 fully saturated rings. The van der Waals surface area contributed by atoms with Gasteiger partial charge in [-0.25, -0.2) is 9.37 Å². The first-order valence-corrected chi connectivity index (χ1v) is 7.83. The predicted molar refractivity (Wildman–Crippen MR) is 84.0 cm³/mol. The van der Waals surface area contributed by atoms with E-state index in [1.54, 1.807) is 23.9 Å². The van der Waals surface area contributed by atoms with Gasteiger partial charge >= 0.3 is 0 Å². The van der Waals surface area contributed by atoms with Crippen molar-refractivity contribution in [1.29, 1.82) is 0 Å². The highest BCUT2D eigenvalue weighted by Crippen LogP contribution is 2.26. The summed E-state index contributed by atoms with van der Waals surface area (Å²) in [6.07, 6.45) is 1.05. The lowest BCUT2D eigenvalue weighted by Crippen LogP contribution is -2.03. The summed E-state index contributed by atoms with van der Waals surface area (Å²) in [6.45, 7) is 2.99. The first kappa shape index (κ1) is 15.1. The Morgan fingerprint density at radius 3 is 2.65 bits per heavy atom. The molecule has 2 nitrogen and oxygen atoms in total. The molecule has 20 heavy (non-hydrogen) atoms. The third-order valence-corrected chi connectivity index (χ3v) is 4.03. The standard InChI is InChI=1S/C15H16ClFN2S/c1-2-9-18-15-8-7-13(16)14(19-15)10-20-12-5-3-11(17)4-6-12/h3-8H,2,9-10H2,1H3,(H,18,19). The highest BCUT2D eigenvalue weighted by molar-refractivity contribution is 7.98. The average Bonchev–Trinajstić information content (AvgIpc) is 2.46. The number of nitrogens with one attached hydrogen (secondary N) is 1. The largest absolute Gasteiger partial charge is 0.370 e. The molecule has 0 aliphatic carbocycles. The number of halogens is 2. The third kappa shape index (κ3) is 4.39. The lowest BCUT2D eigenvalue weighted by Gasteiger charge is -2.08. The van der Waals surface area contributed by atoms with Gasteiger partial charge in [-0.05, 0) is 42.8 Å². The molecule has 2 rings (SSSR count). The summed E-state index contributed by atoms with van der Waals surface area (Å²) in [5.74, 6) is 1.27. The smallest absolute Gasteiger partial charge is 0.126 e. The Bertz CT molecular complexity index is 560. The molecule has 0 amide bonds. The van der Waals surface area contributed by atoms with Crippen LogP contribution in [0.5, 0.6) is 0 Å². The molecule has 0 aliphatic heterocycles. The van der Waals surface area contributed by atoms with E-state index in [-0.39, 0.29) is 5.82 Å². The summed E-state index contributed by atoms with van der Waals surface area (Å²) in [7, 11) is 0. The minimum Gasteiger partial charge on any atom is -0.370 e. The van der Waals surface area contributed by atoms with Gasteiger partial charge in [0.05, 0.1) is 10.7 Å². The molecule has 0 aliphatic rings. The summed E-state index contributed by atoms with van der Waals surface area (Å²) >= 11 is 7.75. The van der Waals surface area contributed by atoms with Crippen molar-refractivity contribution in [2.75, 3.05) is 11.9 Å². The van der Waals surface area contributed by atoms with E-state index in [0.29, 0.717) is 10.8 Å². The number of hydrogen-bond acceptors (Lipinski definition) is 3. The molecule has 0 saturated carbocycles. The van der Waals surface area contributed by atoms with Gasteiger partial charge in [-0.15, -0.1) is 11.8 Å². The summed E-state index contributed by atoms with van der Waals surface area (Å²) in [6, 6.07) is 10.2. The number of aromatic nitrogens is 1. The molecule has 0 spiro atoms. The van der Waals surface area contributed by atoms with Crippen molar-refractivity contribution >= 4 is 29.2 Å².